The monoisotopic (exact) mass is 275 g/mol. The third-order valence-corrected chi connectivity index (χ3v) is 3.86. The Morgan fingerprint density at radius 3 is 2.80 bits per heavy atom. The first-order valence-electron chi connectivity index (χ1n) is 7.55. The number of carbonyl (C=O) groups is 1. The van der Waals surface area contributed by atoms with Gasteiger partial charge in [-0.05, 0) is 56.2 Å². The zero-order chi connectivity index (χ0) is 14.5. The zero-order valence-electron chi connectivity index (χ0n) is 12.7. The van der Waals surface area contributed by atoms with E-state index >= 15 is 0 Å². The summed E-state index contributed by atoms with van der Waals surface area (Å²) >= 11 is 0. The SMILES string of the molecule is Cc1ccc(C)c(OCCCCC(=O)NC2CC2C)c1. The molecule has 1 amide bonds. The Labute approximate surface area is 121 Å². The summed E-state index contributed by atoms with van der Waals surface area (Å²) in [7, 11) is 0. The smallest absolute Gasteiger partial charge is 0.220 e. The van der Waals surface area contributed by atoms with E-state index in [-0.39, 0.29) is 5.91 Å². The van der Waals surface area contributed by atoms with Crippen LogP contribution in [0.25, 0.3) is 0 Å². The molecule has 1 aromatic rings. The van der Waals surface area contributed by atoms with Crippen LogP contribution >= 0.6 is 0 Å². The Hall–Kier alpha value is -1.51. The highest BCUT2D eigenvalue weighted by Gasteiger charge is 2.33. The lowest BCUT2D eigenvalue weighted by Gasteiger charge is -2.10. The Morgan fingerprint density at radius 2 is 2.10 bits per heavy atom. The number of unbranched alkanes of at least 4 members (excludes halogenated alkanes) is 1. The van der Waals surface area contributed by atoms with Gasteiger partial charge in [0.05, 0.1) is 6.61 Å². The number of hydrogen-bond donors (Lipinski definition) is 1. The van der Waals surface area contributed by atoms with Crippen molar-refractivity contribution < 1.29 is 9.53 Å². The van der Waals surface area contributed by atoms with Crippen LogP contribution in [-0.4, -0.2) is 18.6 Å². The number of nitrogens with one attached hydrogen (secondary N) is 1. The van der Waals surface area contributed by atoms with E-state index in [1.165, 1.54) is 5.56 Å². The highest BCUT2D eigenvalue weighted by molar-refractivity contribution is 5.76. The van der Waals surface area contributed by atoms with E-state index < -0.39 is 0 Å². The quantitative estimate of drug-likeness (QED) is 0.775. The third kappa shape index (κ3) is 4.55. The standard InChI is InChI=1S/C17H25NO2/c1-12-7-8-13(2)16(10-12)20-9-5-4-6-17(19)18-15-11-14(15)3/h7-8,10,14-15H,4-6,9,11H2,1-3H3,(H,18,19). The molecule has 110 valence electrons. The van der Waals surface area contributed by atoms with Gasteiger partial charge >= 0.3 is 0 Å². The molecule has 0 bridgehead atoms. The molecule has 0 aliphatic heterocycles. The van der Waals surface area contributed by atoms with Gasteiger partial charge in [-0.3, -0.25) is 4.79 Å². The van der Waals surface area contributed by atoms with E-state index in [0.717, 1.165) is 30.6 Å². The molecule has 2 atom stereocenters. The summed E-state index contributed by atoms with van der Waals surface area (Å²) in [5.74, 6) is 1.82. The predicted octanol–water partition coefficient (Wildman–Crippen LogP) is 3.38. The average Bonchev–Trinajstić information content (AvgIpc) is 3.08. The third-order valence-electron chi connectivity index (χ3n) is 3.86. The summed E-state index contributed by atoms with van der Waals surface area (Å²) in [6, 6.07) is 6.67. The molecule has 1 aliphatic carbocycles. The van der Waals surface area contributed by atoms with Crippen LogP contribution in [-0.2, 0) is 4.79 Å². The fourth-order valence-electron chi connectivity index (χ4n) is 2.23. The van der Waals surface area contributed by atoms with E-state index in [2.05, 4.69) is 44.3 Å². The van der Waals surface area contributed by atoms with Crippen LogP contribution in [0.15, 0.2) is 18.2 Å². The maximum absolute atomic E-state index is 11.6. The van der Waals surface area contributed by atoms with Gasteiger partial charge in [0.1, 0.15) is 5.75 Å². The molecule has 1 aromatic carbocycles. The van der Waals surface area contributed by atoms with Gasteiger partial charge in [0, 0.05) is 12.5 Å². The van der Waals surface area contributed by atoms with Crippen LogP contribution in [0.1, 0.15) is 43.7 Å². The van der Waals surface area contributed by atoms with Crippen molar-refractivity contribution in [3.05, 3.63) is 29.3 Å². The predicted molar refractivity (Wildman–Crippen MR) is 81.0 cm³/mol. The lowest BCUT2D eigenvalue weighted by atomic mass is 10.1. The molecule has 3 heteroatoms. The van der Waals surface area contributed by atoms with Gasteiger partial charge in [0.25, 0.3) is 0 Å². The largest absolute Gasteiger partial charge is 0.493 e. The molecule has 0 radical (unpaired) electrons. The van der Waals surface area contributed by atoms with E-state index in [1.807, 2.05) is 0 Å². The molecule has 0 spiro atoms. The van der Waals surface area contributed by atoms with Gasteiger partial charge in [0.2, 0.25) is 5.91 Å². The van der Waals surface area contributed by atoms with Gasteiger partial charge in [-0.25, -0.2) is 0 Å². The van der Waals surface area contributed by atoms with Crippen molar-refractivity contribution in [2.24, 2.45) is 5.92 Å². The minimum Gasteiger partial charge on any atom is -0.493 e. The van der Waals surface area contributed by atoms with Crippen molar-refractivity contribution >= 4 is 5.91 Å². The number of hydrogen-bond acceptors (Lipinski definition) is 2. The number of benzene rings is 1. The van der Waals surface area contributed by atoms with Gasteiger partial charge in [-0.2, -0.15) is 0 Å². The summed E-state index contributed by atoms with van der Waals surface area (Å²) in [5, 5.41) is 3.05. The number of rotatable bonds is 7. The molecule has 0 heterocycles. The number of carbonyl (C=O) groups excluding carboxylic acids is 1. The van der Waals surface area contributed by atoms with Gasteiger partial charge in [0.15, 0.2) is 0 Å². The summed E-state index contributed by atoms with van der Waals surface area (Å²) in [6.45, 7) is 6.97. The zero-order valence-corrected chi connectivity index (χ0v) is 12.7. The van der Waals surface area contributed by atoms with Crippen LogP contribution in [0.5, 0.6) is 5.75 Å². The minimum absolute atomic E-state index is 0.186. The molecule has 20 heavy (non-hydrogen) atoms. The first-order valence-corrected chi connectivity index (χ1v) is 7.55. The second kappa shape index (κ2) is 6.78. The van der Waals surface area contributed by atoms with E-state index in [0.29, 0.717) is 25.0 Å². The molecule has 1 aliphatic rings. The van der Waals surface area contributed by atoms with Crippen molar-refractivity contribution in [1.82, 2.24) is 5.32 Å². The summed E-state index contributed by atoms with van der Waals surface area (Å²) in [4.78, 5) is 11.6. The van der Waals surface area contributed by atoms with E-state index in [1.54, 1.807) is 0 Å². The van der Waals surface area contributed by atoms with Crippen LogP contribution in [0, 0.1) is 19.8 Å². The second-order valence-electron chi connectivity index (χ2n) is 5.96. The van der Waals surface area contributed by atoms with Crippen LogP contribution < -0.4 is 10.1 Å². The fraction of sp³-hybridized carbons (Fsp3) is 0.588. The lowest BCUT2D eigenvalue weighted by molar-refractivity contribution is -0.121. The molecule has 0 saturated heterocycles. The topological polar surface area (TPSA) is 38.3 Å². The fourth-order valence-corrected chi connectivity index (χ4v) is 2.23. The minimum atomic E-state index is 0.186. The molecule has 0 aromatic heterocycles. The molecule has 2 rings (SSSR count). The maximum atomic E-state index is 11.6. The van der Waals surface area contributed by atoms with Crippen molar-refractivity contribution in [1.29, 1.82) is 0 Å². The summed E-state index contributed by atoms with van der Waals surface area (Å²) in [6.07, 6.45) is 3.56. The number of aryl methyl sites for hydroxylation is 2. The average molecular weight is 275 g/mol. The maximum Gasteiger partial charge on any atom is 0.220 e. The molecule has 1 N–H and O–H groups in total. The van der Waals surface area contributed by atoms with Crippen LogP contribution in [0.3, 0.4) is 0 Å². The van der Waals surface area contributed by atoms with Gasteiger partial charge < -0.3 is 10.1 Å². The van der Waals surface area contributed by atoms with E-state index in [9.17, 15) is 4.79 Å². The Kier molecular flexibility index (Phi) is 5.05. The summed E-state index contributed by atoms with van der Waals surface area (Å²) < 4.78 is 5.78. The molecular weight excluding hydrogens is 250 g/mol. The molecule has 3 nitrogen and oxygen atoms in total. The number of ether oxygens (including phenoxy) is 1. The van der Waals surface area contributed by atoms with Gasteiger partial charge in [-0.15, -0.1) is 0 Å². The molecule has 1 fully saturated rings. The Balaban J connectivity index is 1.59. The van der Waals surface area contributed by atoms with Crippen molar-refractivity contribution in [2.45, 2.75) is 52.5 Å². The number of amides is 1. The van der Waals surface area contributed by atoms with Crippen LogP contribution in [0.2, 0.25) is 0 Å². The van der Waals surface area contributed by atoms with Crippen LogP contribution in [0.4, 0.5) is 0 Å². The summed E-state index contributed by atoms with van der Waals surface area (Å²) in [5.41, 5.74) is 2.37. The molecule has 1 saturated carbocycles. The highest BCUT2D eigenvalue weighted by Crippen LogP contribution is 2.29. The Bertz CT molecular complexity index is 470. The van der Waals surface area contributed by atoms with Gasteiger partial charge in [-0.1, -0.05) is 19.1 Å². The van der Waals surface area contributed by atoms with Crippen molar-refractivity contribution in [3.63, 3.8) is 0 Å². The van der Waals surface area contributed by atoms with Crippen molar-refractivity contribution in [3.8, 4) is 5.75 Å². The Morgan fingerprint density at radius 1 is 1.35 bits per heavy atom. The van der Waals surface area contributed by atoms with E-state index in [4.69, 9.17) is 4.74 Å². The highest BCUT2D eigenvalue weighted by atomic mass is 16.5. The normalized spacial score (nSPS) is 20.6. The van der Waals surface area contributed by atoms with Crippen molar-refractivity contribution in [2.75, 3.05) is 6.61 Å². The molecular formula is C17H25NO2. The molecule has 2 unspecified atom stereocenters. The first-order chi connectivity index (χ1) is 9.56. The first kappa shape index (κ1) is 14.9. The lowest BCUT2D eigenvalue weighted by Crippen LogP contribution is -2.26. The second-order valence-corrected chi connectivity index (χ2v) is 5.96.